The van der Waals surface area contributed by atoms with E-state index in [9.17, 15) is 13.2 Å². The van der Waals surface area contributed by atoms with Gasteiger partial charge in [-0.3, -0.25) is 0 Å². The van der Waals surface area contributed by atoms with E-state index >= 15 is 0 Å². The molecule has 0 fully saturated rings. The SMILES string of the molecule is C\C=C(/C=C\C=N\O)c1cc(Oc2cc3nc(N)nc(N)c3c3c2C(C)CO3)cc(C(F)(F)F)c1. The molecule has 182 valence electrons. The largest absolute Gasteiger partial charge is 0.492 e. The lowest BCUT2D eigenvalue weighted by Crippen LogP contribution is -2.06. The Bertz CT molecular complexity index is 1380. The first-order valence-electron chi connectivity index (χ1n) is 10.6. The topological polar surface area (TPSA) is 129 Å². The first kappa shape index (κ1) is 23.9. The minimum absolute atomic E-state index is 0.0333. The number of nitrogen functional groups attached to an aromatic ring is 2. The molecule has 0 spiro atoms. The Kier molecular flexibility index (Phi) is 6.25. The molecule has 0 bridgehead atoms. The van der Waals surface area contributed by atoms with Gasteiger partial charge in [0, 0.05) is 17.5 Å². The second kappa shape index (κ2) is 9.16. The average molecular weight is 485 g/mol. The number of benzene rings is 2. The number of anilines is 2. The molecule has 2 aromatic carbocycles. The Morgan fingerprint density at radius 1 is 1.23 bits per heavy atom. The highest BCUT2D eigenvalue weighted by Gasteiger charge is 2.33. The summed E-state index contributed by atoms with van der Waals surface area (Å²) >= 11 is 0. The van der Waals surface area contributed by atoms with Crippen LogP contribution in [0.3, 0.4) is 0 Å². The summed E-state index contributed by atoms with van der Waals surface area (Å²) in [6.45, 7) is 3.92. The van der Waals surface area contributed by atoms with Crippen LogP contribution >= 0.6 is 0 Å². The quantitative estimate of drug-likeness (QED) is 0.188. The Morgan fingerprint density at radius 2 is 2.00 bits per heavy atom. The number of aromatic nitrogens is 2. The molecular weight excluding hydrogens is 463 g/mol. The molecule has 5 N–H and O–H groups in total. The van der Waals surface area contributed by atoms with Crippen LogP contribution in [-0.4, -0.2) is 28.0 Å². The highest BCUT2D eigenvalue weighted by molar-refractivity contribution is 5.97. The zero-order valence-corrected chi connectivity index (χ0v) is 18.8. The molecule has 1 unspecified atom stereocenters. The van der Waals surface area contributed by atoms with Crippen molar-refractivity contribution in [3.05, 3.63) is 59.2 Å². The first-order chi connectivity index (χ1) is 16.6. The second-order valence-corrected chi connectivity index (χ2v) is 7.90. The molecule has 2 heterocycles. The Morgan fingerprint density at radius 3 is 2.69 bits per heavy atom. The Labute approximate surface area is 198 Å². The van der Waals surface area contributed by atoms with E-state index in [1.54, 1.807) is 19.1 Å². The normalized spacial score (nSPS) is 16.3. The molecule has 0 saturated carbocycles. The van der Waals surface area contributed by atoms with E-state index in [-0.39, 0.29) is 34.7 Å². The van der Waals surface area contributed by atoms with E-state index in [0.717, 1.165) is 18.3 Å². The minimum atomic E-state index is -4.61. The highest BCUT2D eigenvalue weighted by atomic mass is 19.4. The van der Waals surface area contributed by atoms with Crippen LogP contribution < -0.4 is 20.9 Å². The maximum atomic E-state index is 13.7. The number of halogens is 3. The molecule has 4 rings (SSSR count). The number of nitrogens with zero attached hydrogens (tertiary/aromatic N) is 3. The summed E-state index contributed by atoms with van der Waals surface area (Å²) in [6, 6.07) is 5.01. The molecule has 0 amide bonds. The molecule has 1 atom stereocenters. The standard InChI is InChI=1S/C24H22F3N5O3/c1-3-13(5-4-6-30-33)14-7-15(24(25,26)27)9-16(8-14)35-18-10-17-20(22(28)32-23(29)31-17)21-19(18)12(2)11-34-21/h3-10,12,33H,11H2,1-2H3,(H4,28,29,31,32)/b5-4-,13-3+,30-6+. The number of ether oxygens (including phenoxy) is 2. The molecule has 0 saturated heterocycles. The van der Waals surface area contributed by atoms with Crippen LogP contribution in [0.15, 0.2) is 47.6 Å². The van der Waals surface area contributed by atoms with Crippen molar-refractivity contribution >= 4 is 34.5 Å². The van der Waals surface area contributed by atoms with E-state index in [1.807, 2.05) is 6.92 Å². The van der Waals surface area contributed by atoms with Gasteiger partial charge in [0.25, 0.3) is 0 Å². The van der Waals surface area contributed by atoms with Gasteiger partial charge in [0.1, 0.15) is 23.1 Å². The van der Waals surface area contributed by atoms with Crippen molar-refractivity contribution in [3.63, 3.8) is 0 Å². The van der Waals surface area contributed by atoms with Gasteiger partial charge in [-0.1, -0.05) is 24.2 Å². The molecule has 1 aliphatic heterocycles. The van der Waals surface area contributed by atoms with Gasteiger partial charge in [0.05, 0.1) is 29.3 Å². The number of hydrogen-bond donors (Lipinski definition) is 3. The maximum absolute atomic E-state index is 13.7. The van der Waals surface area contributed by atoms with Crippen molar-refractivity contribution < 1.29 is 27.9 Å². The van der Waals surface area contributed by atoms with Gasteiger partial charge in [-0.25, -0.2) is 4.98 Å². The van der Waals surface area contributed by atoms with E-state index in [1.165, 1.54) is 18.2 Å². The van der Waals surface area contributed by atoms with Crippen molar-refractivity contribution in [1.82, 2.24) is 9.97 Å². The number of alkyl halides is 3. The summed E-state index contributed by atoms with van der Waals surface area (Å²) in [4.78, 5) is 8.18. The fourth-order valence-electron chi connectivity index (χ4n) is 3.95. The van der Waals surface area contributed by atoms with Gasteiger partial charge in [0.2, 0.25) is 5.95 Å². The smallest absolute Gasteiger partial charge is 0.416 e. The fourth-order valence-corrected chi connectivity index (χ4v) is 3.95. The first-order valence-corrected chi connectivity index (χ1v) is 10.6. The van der Waals surface area contributed by atoms with E-state index < -0.39 is 11.7 Å². The summed E-state index contributed by atoms with van der Waals surface area (Å²) in [5, 5.41) is 11.9. The predicted molar refractivity (Wildman–Crippen MR) is 127 cm³/mol. The molecule has 1 aromatic heterocycles. The monoisotopic (exact) mass is 485 g/mol. The lowest BCUT2D eigenvalue weighted by atomic mass is 9.99. The lowest BCUT2D eigenvalue weighted by molar-refractivity contribution is -0.137. The van der Waals surface area contributed by atoms with Crippen LogP contribution in [0, 0.1) is 0 Å². The third kappa shape index (κ3) is 4.70. The van der Waals surface area contributed by atoms with Crippen LogP contribution in [0.25, 0.3) is 16.5 Å². The third-order valence-electron chi connectivity index (χ3n) is 5.49. The summed E-state index contributed by atoms with van der Waals surface area (Å²) in [6.07, 6.45) is 1.05. The van der Waals surface area contributed by atoms with Crippen molar-refractivity contribution in [2.24, 2.45) is 5.16 Å². The lowest BCUT2D eigenvalue weighted by Gasteiger charge is -2.17. The molecule has 0 aliphatic carbocycles. The van der Waals surface area contributed by atoms with Crippen LogP contribution in [0.2, 0.25) is 0 Å². The molecule has 8 nitrogen and oxygen atoms in total. The predicted octanol–water partition coefficient (Wildman–Crippen LogP) is 5.52. The number of fused-ring (bicyclic) bond motifs is 3. The molecule has 35 heavy (non-hydrogen) atoms. The zero-order chi connectivity index (χ0) is 25.3. The molecule has 3 aromatic rings. The molecule has 11 heteroatoms. The van der Waals surface area contributed by atoms with Crippen LogP contribution in [0.4, 0.5) is 24.9 Å². The van der Waals surface area contributed by atoms with Gasteiger partial charge in [-0.2, -0.15) is 18.2 Å². The summed E-state index contributed by atoms with van der Waals surface area (Å²) in [5.41, 5.74) is 12.6. The van der Waals surface area contributed by atoms with Crippen molar-refractivity contribution in [3.8, 4) is 17.2 Å². The van der Waals surface area contributed by atoms with Crippen LogP contribution in [-0.2, 0) is 6.18 Å². The van der Waals surface area contributed by atoms with Gasteiger partial charge in [-0.05, 0) is 42.3 Å². The van der Waals surface area contributed by atoms with E-state index in [0.29, 0.717) is 34.4 Å². The molecule has 1 aliphatic rings. The maximum Gasteiger partial charge on any atom is 0.416 e. The number of oxime groups is 1. The zero-order valence-electron chi connectivity index (χ0n) is 18.8. The minimum Gasteiger partial charge on any atom is -0.492 e. The van der Waals surface area contributed by atoms with Crippen molar-refractivity contribution in [1.29, 1.82) is 0 Å². The van der Waals surface area contributed by atoms with Crippen LogP contribution in [0.1, 0.15) is 36.5 Å². The summed E-state index contributed by atoms with van der Waals surface area (Å²) < 4.78 is 53.0. The van der Waals surface area contributed by atoms with Gasteiger partial charge >= 0.3 is 6.18 Å². The summed E-state index contributed by atoms with van der Waals surface area (Å²) in [5.74, 6) is 0.652. The number of allylic oxidation sites excluding steroid dienone is 4. The fraction of sp³-hybridized carbons (Fsp3) is 0.208. The average Bonchev–Trinajstić information content (AvgIpc) is 3.17. The van der Waals surface area contributed by atoms with Crippen molar-refractivity contribution in [2.45, 2.75) is 25.9 Å². The van der Waals surface area contributed by atoms with E-state index in [2.05, 4.69) is 15.1 Å². The van der Waals surface area contributed by atoms with Gasteiger partial charge in [-0.15, -0.1) is 0 Å². The molecular formula is C24H22F3N5O3. The number of nitrogens with two attached hydrogens (primary N) is 2. The summed E-state index contributed by atoms with van der Waals surface area (Å²) in [7, 11) is 0. The van der Waals surface area contributed by atoms with Crippen molar-refractivity contribution in [2.75, 3.05) is 18.1 Å². The highest BCUT2D eigenvalue weighted by Crippen LogP contribution is 2.48. The Hall–Kier alpha value is -4.28. The van der Waals surface area contributed by atoms with Crippen LogP contribution in [0.5, 0.6) is 17.2 Å². The van der Waals surface area contributed by atoms with Gasteiger partial charge in [0.15, 0.2) is 0 Å². The second-order valence-electron chi connectivity index (χ2n) is 7.90. The number of hydrogen-bond acceptors (Lipinski definition) is 8. The number of rotatable bonds is 5. The molecule has 0 radical (unpaired) electrons. The van der Waals surface area contributed by atoms with E-state index in [4.69, 9.17) is 26.1 Å². The Balaban J connectivity index is 1.87. The van der Waals surface area contributed by atoms with Gasteiger partial charge < -0.3 is 26.1 Å². The third-order valence-corrected chi connectivity index (χ3v) is 5.49.